The average Bonchev–Trinajstić information content (AvgIpc) is 2.41. The molecule has 0 saturated heterocycles. The molecular formula is C16H21NO. The zero-order chi connectivity index (χ0) is 13.5. The molecule has 1 aromatic carbocycles. The number of aliphatic hydroxyl groups excluding tert-OH is 1. The molecule has 0 amide bonds. The van der Waals surface area contributed by atoms with Gasteiger partial charge in [-0.2, -0.15) is 0 Å². The summed E-state index contributed by atoms with van der Waals surface area (Å²) >= 11 is 0. The molecule has 0 unspecified atom stereocenters. The smallest absolute Gasteiger partial charge is 0.0697 e. The summed E-state index contributed by atoms with van der Waals surface area (Å²) in [4.78, 5) is 4.15. The van der Waals surface area contributed by atoms with Gasteiger partial charge >= 0.3 is 0 Å². The van der Waals surface area contributed by atoms with Crippen molar-refractivity contribution < 1.29 is 5.11 Å². The van der Waals surface area contributed by atoms with E-state index in [4.69, 9.17) is 5.11 Å². The zero-order valence-electron chi connectivity index (χ0n) is 11.6. The van der Waals surface area contributed by atoms with E-state index >= 15 is 0 Å². The van der Waals surface area contributed by atoms with Gasteiger partial charge in [-0.05, 0) is 42.2 Å². The summed E-state index contributed by atoms with van der Waals surface area (Å²) in [6.45, 7) is 8.22. The van der Waals surface area contributed by atoms with E-state index in [-0.39, 0.29) is 6.61 Å². The second-order valence-electron chi connectivity index (χ2n) is 4.01. The monoisotopic (exact) mass is 243 g/mol. The molecule has 0 aliphatic carbocycles. The van der Waals surface area contributed by atoms with Crippen molar-refractivity contribution in [3.63, 3.8) is 0 Å². The minimum absolute atomic E-state index is 0.0335. The lowest BCUT2D eigenvalue weighted by Crippen LogP contribution is -1.91. The lowest BCUT2D eigenvalue weighted by Gasteiger charge is -2.10. The van der Waals surface area contributed by atoms with Crippen molar-refractivity contribution in [1.82, 2.24) is 4.98 Å². The van der Waals surface area contributed by atoms with Gasteiger partial charge in [0.25, 0.3) is 0 Å². The van der Waals surface area contributed by atoms with Gasteiger partial charge in [0.1, 0.15) is 0 Å². The first-order chi connectivity index (χ1) is 8.72. The molecule has 96 valence electrons. The van der Waals surface area contributed by atoms with Gasteiger partial charge in [-0.3, -0.25) is 4.98 Å². The van der Waals surface area contributed by atoms with Crippen LogP contribution < -0.4 is 0 Å². The van der Waals surface area contributed by atoms with Gasteiger partial charge in [-0.1, -0.05) is 32.0 Å². The Morgan fingerprint density at radius 3 is 2.22 bits per heavy atom. The van der Waals surface area contributed by atoms with Crippen molar-refractivity contribution in [3.05, 3.63) is 53.3 Å². The second kappa shape index (κ2) is 6.92. The Bertz CT molecular complexity index is 486. The number of aryl methyl sites for hydroxylation is 2. The van der Waals surface area contributed by atoms with Crippen LogP contribution in [-0.4, -0.2) is 10.1 Å². The second-order valence-corrected chi connectivity index (χ2v) is 4.01. The number of nitrogens with zero attached hydrogens (tertiary/aromatic N) is 1. The number of hydrogen-bond donors (Lipinski definition) is 1. The number of benzene rings is 1. The summed E-state index contributed by atoms with van der Waals surface area (Å²) in [6.07, 6.45) is 3.53. The van der Waals surface area contributed by atoms with E-state index in [1.54, 1.807) is 6.20 Å². The first-order valence-electron chi connectivity index (χ1n) is 6.33. The van der Waals surface area contributed by atoms with E-state index in [9.17, 15) is 0 Å². The SMILES string of the molecule is CC.Cc1cccc(C)c1-c1cncc(CO)c1. The minimum Gasteiger partial charge on any atom is -0.392 e. The Balaban J connectivity index is 0.000000771. The normalized spacial score (nSPS) is 9.61. The third-order valence-corrected chi connectivity index (χ3v) is 2.75. The van der Waals surface area contributed by atoms with Crippen LogP contribution in [0.5, 0.6) is 0 Å². The van der Waals surface area contributed by atoms with Crippen molar-refractivity contribution in [2.75, 3.05) is 0 Å². The van der Waals surface area contributed by atoms with Crippen LogP contribution >= 0.6 is 0 Å². The summed E-state index contributed by atoms with van der Waals surface area (Å²) in [7, 11) is 0. The quantitative estimate of drug-likeness (QED) is 0.868. The number of pyridine rings is 1. The molecule has 0 saturated carbocycles. The first-order valence-corrected chi connectivity index (χ1v) is 6.33. The minimum atomic E-state index is 0.0335. The van der Waals surface area contributed by atoms with Gasteiger partial charge in [0.15, 0.2) is 0 Å². The van der Waals surface area contributed by atoms with Crippen molar-refractivity contribution in [2.45, 2.75) is 34.3 Å². The van der Waals surface area contributed by atoms with E-state index in [1.165, 1.54) is 16.7 Å². The zero-order valence-corrected chi connectivity index (χ0v) is 11.6. The average molecular weight is 243 g/mol. The van der Waals surface area contributed by atoms with Crippen molar-refractivity contribution in [1.29, 1.82) is 0 Å². The molecule has 0 atom stereocenters. The molecule has 1 heterocycles. The van der Waals surface area contributed by atoms with E-state index in [0.29, 0.717) is 0 Å². The van der Waals surface area contributed by atoms with E-state index in [0.717, 1.165) is 11.1 Å². The molecule has 2 aromatic rings. The number of rotatable bonds is 2. The Morgan fingerprint density at radius 2 is 1.67 bits per heavy atom. The predicted molar refractivity (Wildman–Crippen MR) is 76.4 cm³/mol. The van der Waals surface area contributed by atoms with Crippen molar-refractivity contribution >= 4 is 0 Å². The van der Waals surface area contributed by atoms with Crippen LogP contribution in [-0.2, 0) is 6.61 Å². The van der Waals surface area contributed by atoms with Gasteiger partial charge < -0.3 is 5.11 Å². The number of aliphatic hydroxyl groups is 1. The highest BCUT2D eigenvalue weighted by molar-refractivity contribution is 5.70. The summed E-state index contributed by atoms with van der Waals surface area (Å²) < 4.78 is 0. The van der Waals surface area contributed by atoms with Crippen LogP contribution in [0.25, 0.3) is 11.1 Å². The third kappa shape index (κ3) is 3.17. The molecule has 0 radical (unpaired) electrons. The van der Waals surface area contributed by atoms with Gasteiger partial charge in [-0.25, -0.2) is 0 Å². The van der Waals surface area contributed by atoms with Gasteiger partial charge in [0.2, 0.25) is 0 Å². The molecule has 1 N–H and O–H groups in total. The number of hydrogen-bond acceptors (Lipinski definition) is 2. The van der Waals surface area contributed by atoms with Gasteiger partial charge in [-0.15, -0.1) is 0 Å². The number of aromatic nitrogens is 1. The lowest BCUT2D eigenvalue weighted by atomic mass is 9.96. The van der Waals surface area contributed by atoms with Gasteiger partial charge in [0.05, 0.1) is 6.61 Å². The topological polar surface area (TPSA) is 33.1 Å². The molecule has 0 bridgehead atoms. The van der Waals surface area contributed by atoms with Gasteiger partial charge in [0, 0.05) is 18.0 Å². The fourth-order valence-corrected chi connectivity index (χ4v) is 1.98. The molecule has 2 heteroatoms. The molecular weight excluding hydrogens is 222 g/mol. The molecule has 2 nitrogen and oxygen atoms in total. The van der Waals surface area contributed by atoms with Crippen LogP contribution in [0, 0.1) is 13.8 Å². The summed E-state index contributed by atoms with van der Waals surface area (Å²) in [5, 5.41) is 9.11. The molecule has 1 aromatic heterocycles. The highest BCUT2D eigenvalue weighted by atomic mass is 16.3. The first kappa shape index (κ1) is 14.4. The molecule has 18 heavy (non-hydrogen) atoms. The fourth-order valence-electron chi connectivity index (χ4n) is 1.98. The third-order valence-electron chi connectivity index (χ3n) is 2.75. The van der Waals surface area contributed by atoms with E-state index in [2.05, 4.69) is 37.0 Å². The Labute approximate surface area is 109 Å². The summed E-state index contributed by atoms with van der Waals surface area (Å²) in [5.74, 6) is 0. The van der Waals surface area contributed by atoms with Crippen molar-refractivity contribution in [3.8, 4) is 11.1 Å². The molecule has 0 aliphatic rings. The predicted octanol–water partition coefficient (Wildman–Crippen LogP) is 3.88. The fraction of sp³-hybridized carbons (Fsp3) is 0.312. The largest absolute Gasteiger partial charge is 0.392 e. The Kier molecular flexibility index (Phi) is 5.53. The highest BCUT2D eigenvalue weighted by Crippen LogP contribution is 2.26. The molecule has 2 rings (SSSR count). The van der Waals surface area contributed by atoms with E-state index < -0.39 is 0 Å². The molecule has 0 fully saturated rings. The van der Waals surface area contributed by atoms with Crippen LogP contribution in [0.4, 0.5) is 0 Å². The summed E-state index contributed by atoms with van der Waals surface area (Å²) in [5.41, 5.74) is 5.60. The van der Waals surface area contributed by atoms with Crippen LogP contribution in [0.1, 0.15) is 30.5 Å². The van der Waals surface area contributed by atoms with E-state index in [1.807, 2.05) is 26.1 Å². The van der Waals surface area contributed by atoms with Crippen LogP contribution in [0.15, 0.2) is 36.7 Å². The maximum absolute atomic E-state index is 9.11. The van der Waals surface area contributed by atoms with Crippen LogP contribution in [0.2, 0.25) is 0 Å². The molecule has 0 spiro atoms. The van der Waals surface area contributed by atoms with Crippen LogP contribution in [0.3, 0.4) is 0 Å². The standard InChI is InChI=1S/C14H15NO.C2H6/c1-10-4-3-5-11(2)14(10)13-6-12(9-16)7-15-8-13;1-2/h3-8,16H,9H2,1-2H3;1-2H3. The maximum atomic E-state index is 9.11. The van der Waals surface area contributed by atoms with Crippen molar-refractivity contribution in [2.24, 2.45) is 0 Å². The summed E-state index contributed by atoms with van der Waals surface area (Å²) in [6, 6.07) is 8.22. The molecule has 0 aliphatic heterocycles. The lowest BCUT2D eigenvalue weighted by molar-refractivity contribution is 0.281. The maximum Gasteiger partial charge on any atom is 0.0697 e. The Morgan fingerprint density at radius 1 is 1.06 bits per heavy atom. The Hall–Kier alpha value is -1.67. The highest BCUT2D eigenvalue weighted by Gasteiger charge is 2.05.